The van der Waals surface area contributed by atoms with Crippen molar-refractivity contribution < 1.29 is 14.3 Å². The van der Waals surface area contributed by atoms with Crippen molar-refractivity contribution in [1.82, 2.24) is 0 Å². The highest BCUT2D eigenvalue weighted by atomic mass is 35.5. The standard InChI is InChI=1S/C15H19ClO3/c1-15(2,14(16)17)9-4-10-19-11-12-5-7-13(18-3)8-6-12/h4-9H,10-11H2,1-3H3/b9-4+. The second-order valence-electron chi connectivity index (χ2n) is 4.76. The van der Waals surface area contributed by atoms with Gasteiger partial charge in [0, 0.05) is 0 Å². The first-order valence-corrected chi connectivity index (χ1v) is 6.42. The largest absolute Gasteiger partial charge is 0.497 e. The Labute approximate surface area is 119 Å². The van der Waals surface area contributed by atoms with Crippen LogP contribution in [0.3, 0.4) is 0 Å². The minimum absolute atomic E-state index is 0.376. The number of carbonyl (C=O) groups excluding carboxylic acids is 1. The predicted molar refractivity (Wildman–Crippen MR) is 76.4 cm³/mol. The number of benzene rings is 1. The molecule has 0 saturated heterocycles. The maximum Gasteiger partial charge on any atom is 0.231 e. The molecular weight excluding hydrogens is 264 g/mol. The Balaban J connectivity index is 2.34. The average Bonchev–Trinajstić information content (AvgIpc) is 2.38. The van der Waals surface area contributed by atoms with Gasteiger partial charge < -0.3 is 9.47 Å². The first kappa shape index (κ1) is 15.7. The fraction of sp³-hybridized carbons (Fsp3) is 0.400. The molecule has 0 amide bonds. The summed E-state index contributed by atoms with van der Waals surface area (Å²) in [5, 5.41) is -0.376. The van der Waals surface area contributed by atoms with E-state index in [1.54, 1.807) is 27.0 Å². The minimum Gasteiger partial charge on any atom is -0.497 e. The summed E-state index contributed by atoms with van der Waals surface area (Å²) in [5.41, 5.74) is 0.423. The summed E-state index contributed by atoms with van der Waals surface area (Å²) >= 11 is 5.46. The van der Waals surface area contributed by atoms with E-state index in [1.807, 2.05) is 30.3 Å². The van der Waals surface area contributed by atoms with Gasteiger partial charge in [0.2, 0.25) is 5.24 Å². The Kier molecular flexibility index (Phi) is 6.06. The van der Waals surface area contributed by atoms with E-state index in [9.17, 15) is 4.79 Å². The number of rotatable bonds is 7. The van der Waals surface area contributed by atoms with Gasteiger partial charge in [0.15, 0.2) is 0 Å². The Bertz CT molecular complexity index is 435. The number of allylic oxidation sites excluding steroid dienone is 1. The molecule has 0 aromatic heterocycles. The van der Waals surface area contributed by atoms with Crippen LogP contribution in [0.4, 0.5) is 0 Å². The quantitative estimate of drug-likeness (QED) is 0.436. The van der Waals surface area contributed by atoms with E-state index in [0.717, 1.165) is 11.3 Å². The number of ether oxygens (including phenoxy) is 2. The van der Waals surface area contributed by atoms with Crippen molar-refractivity contribution in [2.75, 3.05) is 13.7 Å². The summed E-state index contributed by atoms with van der Waals surface area (Å²) in [5.74, 6) is 0.825. The molecule has 0 spiro atoms. The first-order valence-electron chi connectivity index (χ1n) is 6.04. The fourth-order valence-electron chi connectivity index (χ4n) is 1.37. The Morgan fingerprint density at radius 3 is 2.47 bits per heavy atom. The van der Waals surface area contributed by atoms with Crippen LogP contribution in [0.15, 0.2) is 36.4 Å². The van der Waals surface area contributed by atoms with Gasteiger partial charge in [-0.3, -0.25) is 4.79 Å². The number of carbonyl (C=O) groups is 1. The SMILES string of the molecule is COc1ccc(COC/C=C/C(C)(C)C(=O)Cl)cc1. The smallest absolute Gasteiger partial charge is 0.231 e. The number of methoxy groups -OCH3 is 1. The maximum absolute atomic E-state index is 11.1. The van der Waals surface area contributed by atoms with Crippen molar-refractivity contribution in [3.63, 3.8) is 0 Å². The van der Waals surface area contributed by atoms with E-state index in [1.165, 1.54) is 0 Å². The highest BCUT2D eigenvalue weighted by molar-refractivity contribution is 6.64. The Morgan fingerprint density at radius 2 is 1.95 bits per heavy atom. The molecule has 0 saturated carbocycles. The molecule has 1 aromatic carbocycles. The second kappa shape index (κ2) is 7.31. The first-order chi connectivity index (χ1) is 8.95. The molecule has 0 bridgehead atoms. The number of halogens is 1. The molecule has 0 atom stereocenters. The molecule has 0 aliphatic rings. The molecule has 0 heterocycles. The zero-order valence-electron chi connectivity index (χ0n) is 11.5. The molecule has 0 radical (unpaired) electrons. The van der Waals surface area contributed by atoms with E-state index in [2.05, 4.69) is 0 Å². The van der Waals surface area contributed by atoms with Gasteiger partial charge in [0.05, 0.1) is 25.7 Å². The molecule has 3 nitrogen and oxygen atoms in total. The lowest BCUT2D eigenvalue weighted by molar-refractivity contribution is -0.117. The van der Waals surface area contributed by atoms with Crippen molar-refractivity contribution in [2.24, 2.45) is 5.41 Å². The molecule has 19 heavy (non-hydrogen) atoms. The lowest BCUT2D eigenvalue weighted by atomic mass is 9.95. The number of hydrogen-bond donors (Lipinski definition) is 0. The summed E-state index contributed by atoms with van der Waals surface area (Å²) in [6.45, 7) is 4.49. The third-order valence-electron chi connectivity index (χ3n) is 2.68. The van der Waals surface area contributed by atoms with Gasteiger partial charge in [-0.15, -0.1) is 0 Å². The van der Waals surface area contributed by atoms with E-state index >= 15 is 0 Å². The lowest BCUT2D eigenvalue weighted by Crippen LogP contribution is -2.16. The third-order valence-corrected chi connectivity index (χ3v) is 3.17. The van der Waals surface area contributed by atoms with Gasteiger partial charge in [-0.25, -0.2) is 0 Å². The van der Waals surface area contributed by atoms with Crippen LogP contribution in [0.1, 0.15) is 19.4 Å². The second-order valence-corrected chi connectivity index (χ2v) is 5.10. The van der Waals surface area contributed by atoms with Crippen LogP contribution < -0.4 is 4.74 Å². The molecule has 0 fully saturated rings. The van der Waals surface area contributed by atoms with Crippen LogP contribution >= 0.6 is 11.6 Å². The molecule has 0 aliphatic carbocycles. The molecule has 1 rings (SSSR count). The lowest BCUT2D eigenvalue weighted by Gasteiger charge is -2.13. The van der Waals surface area contributed by atoms with Crippen LogP contribution in [-0.2, 0) is 16.1 Å². The van der Waals surface area contributed by atoms with Crippen molar-refractivity contribution in [2.45, 2.75) is 20.5 Å². The van der Waals surface area contributed by atoms with Crippen molar-refractivity contribution in [1.29, 1.82) is 0 Å². The van der Waals surface area contributed by atoms with Crippen LogP contribution in [0.2, 0.25) is 0 Å². The zero-order valence-corrected chi connectivity index (χ0v) is 12.2. The summed E-state index contributed by atoms with van der Waals surface area (Å²) in [6.07, 6.45) is 3.57. The highest BCUT2D eigenvalue weighted by Crippen LogP contribution is 2.20. The Hall–Kier alpha value is -1.32. The van der Waals surface area contributed by atoms with Crippen molar-refractivity contribution in [3.8, 4) is 5.75 Å². The summed E-state index contributed by atoms with van der Waals surface area (Å²) < 4.78 is 10.6. The van der Waals surface area contributed by atoms with Gasteiger partial charge in [0.25, 0.3) is 0 Å². The maximum atomic E-state index is 11.1. The fourth-order valence-corrected chi connectivity index (χ4v) is 1.44. The van der Waals surface area contributed by atoms with E-state index in [4.69, 9.17) is 21.1 Å². The normalized spacial score (nSPS) is 11.8. The molecule has 0 N–H and O–H groups in total. The summed E-state index contributed by atoms with van der Waals surface area (Å²) in [6, 6.07) is 7.69. The van der Waals surface area contributed by atoms with Crippen molar-refractivity contribution in [3.05, 3.63) is 42.0 Å². The number of hydrogen-bond acceptors (Lipinski definition) is 3. The predicted octanol–water partition coefficient (Wildman–Crippen LogP) is 3.56. The summed E-state index contributed by atoms with van der Waals surface area (Å²) in [4.78, 5) is 11.1. The van der Waals surface area contributed by atoms with Crippen LogP contribution in [0.25, 0.3) is 0 Å². The molecule has 104 valence electrons. The molecule has 0 unspecified atom stereocenters. The van der Waals surface area contributed by atoms with Gasteiger partial charge in [-0.2, -0.15) is 0 Å². The van der Waals surface area contributed by atoms with Gasteiger partial charge in [-0.05, 0) is 43.1 Å². The minimum atomic E-state index is -0.648. The third kappa shape index (κ3) is 5.45. The monoisotopic (exact) mass is 282 g/mol. The van der Waals surface area contributed by atoms with Gasteiger partial charge >= 0.3 is 0 Å². The van der Waals surface area contributed by atoms with E-state index in [0.29, 0.717) is 13.2 Å². The van der Waals surface area contributed by atoms with Gasteiger partial charge in [-0.1, -0.05) is 24.3 Å². The van der Waals surface area contributed by atoms with E-state index < -0.39 is 5.41 Å². The zero-order chi connectivity index (χ0) is 14.3. The van der Waals surface area contributed by atoms with Gasteiger partial charge in [0.1, 0.15) is 5.75 Å². The summed E-state index contributed by atoms with van der Waals surface area (Å²) in [7, 11) is 1.64. The topological polar surface area (TPSA) is 35.5 Å². The Morgan fingerprint density at radius 1 is 1.32 bits per heavy atom. The van der Waals surface area contributed by atoms with E-state index in [-0.39, 0.29) is 5.24 Å². The molecule has 4 heteroatoms. The van der Waals surface area contributed by atoms with Crippen LogP contribution in [0, 0.1) is 5.41 Å². The average molecular weight is 283 g/mol. The molecular formula is C15H19ClO3. The van der Waals surface area contributed by atoms with Crippen LogP contribution in [0.5, 0.6) is 5.75 Å². The van der Waals surface area contributed by atoms with Crippen molar-refractivity contribution >= 4 is 16.8 Å². The van der Waals surface area contributed by atoms with Crippen LogP contribution in [-0.4, -0.2) is 19.0 Å². The highest BCUT2D eigenvalue weighted by Gasteiger charge is 2.21. The molecule has 1 aromatic rings. The molecule has 0 aliphatic heterocycles.